The van der Waals surface area contributed by atoms with Crippen LogP contribution in [0.5, 0.6) is 0 Å². The number of amides is 1. The Morgan fingerprint density at radius 3 is 2.52 bits per heavy atom. The molecule has 164 valence electrons. The molecule has 1 atom stereocenters. The van der Waals surface area contributed by atoms with Crippen molar-refractivity contribution in [2.45, 2.75) is 53.1 Å². The maximum Gasteiger partial charge on any atom is 0.227 e. The van der Waals surface area contributed by atoms with Crippen LogP contribution < -0.4 is 16.0 Å². The Kier molecular flexibility index (Phi) is 11.6. The van der Waals surface area contributed by atoms with Crippen molar-refractivity contribution in [2.24, 2.45) is 10.4 Å². The summed E-state index contributed by atoms with van der Waals surface area (Å²) in [7, 11) is 0. The van der Waals surface area contributed by atoms with Gasteiger partial charge < -0.3 is 16.0 Å². The van der Waals surface area contributed by atoms with Crippen molar-refractivity contribution in [1.82, 2.24) is 20.9 Å². The number of benzene rings is 1. The second-order valence-corrected chi connectivity index (χ2v) is 8.14. The van der Waals surface area contributed by atoms with Crippen molar-refractivity contribution >= 4 is 35.8 Å². The van der Waals surface area contributed by atoms with E-state index >= 15 is 0 Å². The first kappa shape index (κ1) is 25.7. The molecule has 0 aromatic heterocycles. The number of hydrogen-bond donors (Lipinski definition) is 3. The van der Waals surface area contributed by atoms with Crippen LogP contribution in [0.15, 0.2) is 35.3 Å². The molecular weight excluding hydrogens is 477 g/mol. The molecular formula is C22H38IN5O. The summed E-state index contributed by atoms with van der Waals surface area (Å²) in [5.41, 5.74) is 0.831. The third-order valence-corrected chi connectivity index (χ3v) is 5.02. The molecule has 0 bridgehead atoms. The molecule has 0 radical (unpaired) electrons. The predicted molar refractivity (Wildman–Crippen MR) is 132 cm³/mol. The van der Waals surface area contributed by atoms with E-state index in [2.05, 4.69) is 58.1 Å². The maximum absolute atomic E-state index is 12.2. The first-order valence-corrected chi connectivity index (χ1v) is 10.5. The number of carbonyl (C=O) groups is 1. The highest BCUT2D eigenvalue weighted by Crippen LogP contribution is 2.16. The van der Waals surface area contributed by atoms with Crippen LogP contribution in [-0.2, 0) is 11.3 Å². The Hall–Kier alpha value is -1.35. The van der Waals surface area contributed by atoms with Gasteiger partial charge in [0.25, 0.3) is 0 Å². The lowest BCUT2D eigenvalue weighted by Gasteiger charge is -2.34. The van der Waals surface area contributed by atoms with Gasteiger partial charge >= 0.3 is 0 Å². The SMILES string of the molecule is CCNC(=O)C(C)(C)CN=C(NCC)NC1CCCN(Cc2ccccc2)C1.I. The van der Waals surface area contributed by atoms with Gasteiger partial charge in [-0.3, -0.25) is 14.7 Å². The van der Waals surface area contributed by atoms with Crippen LogP contribution in [0.1, 0.15) is 46.1 Å². The van der Waals surface area contributed by atoms with Gasteiger partial charge in [-0.2, -0.15) is 0 Å². The summed E-state index contributed by atoms with van der Waals surface area (Å²) in [5.74, 6) is 0.840. The molecule has 7 heteroatoms. The summed E-state index contributed by atoms with van der Waals surface area (Å²) in [5, 5.41) is 9.80. The molecule has 1 unspecified atom stereocenters. The van der Waals surface area contributed by atoms with E-state index in [9.17, 15) is 4.79 Å². The average molecular weight is 515 g/mol. The van der Waals surface area contributed by atoms with Crippen molar-refractivity contribution in [3.8, 4) is 0 Å². The number of hydrogen-bond acceptors (Lipinski definition) is 3. The minimum Gasteiger partial charge on any atom is -0.357 e. The fourth-order valence-corrected chi connectivity index (χ4v) is 3.42. The van der Waals surface area contributed by atoms with Crippen molar-refractivity contribution in [3.63, 3.8) is 0 Å². The Bertz CT molecular complexity index is 635. The molecule has 1 aromatic carbocycles. The Morgan fingerprint density at radius 2 is 1.86 bits per heavy atom. The average Bonchev–Trinajstić information content (AvgIpc) is 2.68. The lowest BCUT2D eigenvalue weighted by molar-refractivity contribution is -0.128. The zero-order valence-electron chi connectivity index (χ0n) is 18.3. The number of likely N-dealkylation sites (tertiary alicyclic amines) is 1. The molecule has 0 spiro atoms. The molecule has 3 N–H and O–H groups in total. The third-order valence-electron chi connectivity index (χ3n) is 5.02. The van der Waals surface area contributed by atoms with Gasteiger partial charge in [0.15, 0.2) is 5.96 Å². The van der Waals surface area contributed by atoms with E-state index in [1.165, 1.54) is 12.0 Å². The summed E-state index contributed by atoms with van der Waals surface area (Å²) in [6.45, 7) is 12.9. The highest BCUT2D eigenvalue weighted by molar-refractivity contribution is 14.0. The van der Waals surface area contributed by atoms with Crippen LogP contribution >= 0.6 is 24.0 Å². The number of nitrogens with zero attached hydrogens (tertiary/aromatic N) is 2. The number of nitrogens with one attached hydrogen (secondary N) is 3. The monoisotopic (exact) mass is 515 g/mol. The quantitative estimate of drug-likeness (QED) is 0.283. The zero-order valence-corrected chi connectivity index (χ0v) is 20.7. The van der Waals surface area contributed by atoms with E-state index in [1.807, 2.05) is 20.8 Å². The van der Waals surface area contributed by atoms with Gasteiger partial charge in [0, 0.05) is 32.2 Å². The zero-order chi connectivity index (χ0) is 20.4. The predicted octanol–water partition coefficient (Wildman–Crippen LogP) is 2.99. The Labute approximate surface area is 193 Å². The fourth-order valence-electron chi connectivity index (χ4n) is 3.42. The number of halogens is 1. The van der Waals surface area contributed by atoms with E-state index in [1.54, 1.807) is 0 Å². The van der Waals surface area contributed by atoms with Crippen molar-refractivity contribution in [3.05, 3.63) is 35.9 Å². The first-order valence-electron chi connectivity index (χ1n) is 10.5. The van der Waals surface area contributed by atoms with Crippen LogP contribution in [0, 0.1) is 5.41 Å². The van der Waals surface area contributed by atoms with Crippen LogP contribution in [-0.4, -0.2) is 55.5 Å². The lowest BCUT2D eigenvalue weighted by atomic mass is 9.92. The van der Waals surface area contributed by atoms with Crippen LogP contribution in [0.2, 0.25) is 0 Å². The van der Waals surface area contributed by atoms with Gasteiger partial charge in [0.05, 0.1) is 12.0 Å². The van der Waals surface area contributed by atoms with Crippen LogP contribution in [0.3, 0.4) is 0 Å². The summed E-state index contributed by atoms with van der Waals surface area (Å²) in [4.78, 5) is 19.4. The number of aliphatic imine (C=N–C) groups is 1. The lowest BCUT2D eigenvalue weighted by Crippen LogP contribution is -2.51. The normalized spacial score (nSPS) is 17.9. The molecule has 0 saturated carbocycles. The van der Waals surface area contributed by atoms with Gasteiger partial charge in [-0.1, -0.05) is 30.3 Å². The molecule has 1 saturated heterocycles. The molecule has 1 amide bonds. The highest BCUT2D eigenvalue weighted by atomic mass is 127. The van der Waals surface area contributed by atoms with E-state index in [4.69, 9.17) is 4.99 Å². The van der Waals surface area contributed by atoms with E-state index < -0.39 is 5.41 Å². The van der Waals surface area contributed by atoms with E-state index in [-0.39, 0.29) is 29.9 Å². The molecule has 0 aliphatic carbocycles. The second-order valence-electron chi connectivity index (χ2n) is 8.14. The third kappa shape index (κ3) is 8.90. The van der Waals surface area contributed by atoms with Crippen molar-refractivity contribution in [2.75, 3.05) is 32.7 Å². The Morgan fingerprint density at radius 1 is 1.17 bits per heavy atom. The number of piperidine rings is 1. The minimum absolute atomic E-state index is 0. The summed E-state index contributed by atoms with van der Waals surface area (Å²) in [6, 6.07) is 11.0. The molecule has 1 heterocycles. The number of carbonyl (C=O) groups excluding carboxylic acids is 1. The van der Waals surface area contributed by atoms with Crippen LogP contribution in [0.25, 0.3) is 0 Å². The standard InChI is InChI=1S/C22H37N5O.HI/c1-5-23-20(28)22(3,4)17-25-21(24-6-2)26-19-13-10-14-27(16-19)15-18-11-8-7-9-12-18;/h7-9,11-12,19H,5-6,10,13-17H2,1-4H3,(H,23,28)(H2,24,25,26);1H. The maximum atomic E-state index is 12.2. The van der Waals surface area contributed by atoms with E-state index in [0.29, 0.717) is 19.1 Å². The molecule has 29 heavy (non-hydrogen) atoms. The highest BCUT2D eigenvalue weighted by Gasteiger charge is 2.27. The van der Waals surface area contributed by atoms with E-state index in [0.717, 1.165) is 38.6 Å². The van der Waals surface area contributed by atoms with Crippen molar-refractivity contribution < 1.29 is 4.79 Å². The minimum atomic E-state index is -0.524. The largest absolute Gasteiger partial charge is 0.357 e. The van der Waals surface area contributed by atoms with Gasteiger partial charge in [0.1, 0.15) is 0 Å². The number of rotatable bonds is 8. The van der Waals surface area contributed by atoms with Gasteiger partial charge in [-0.15, -0.1) is 24.0 Å². The second kappa shape index (κ2) is 13.1. The molecule has 1 aliphatic rings. The Balaban J connectivity index is 0.00000420. The number of guanidine groups is 1. The molecule has 1 fully saturated rings. The van der Waals surface area contributed by atoms with Gasteiger partial charge in [-0.05, 0) is 52.6 Å². The molecule has 1 aromatic rings. The summed E-state index contributed by atoms with van der Waals surface area (Å²) >= 11 is 0. The molecule has 2 rings (SSSR count). The molecule has 1 aliphatic heterocycles. The molecule has 6 nitrogen and oxygen atoms in total. The van der Waals surface area contributed by atoms with Crippen molar-refractivity contribution in [1.29, 1.82) is 0 Å². The smallest absolute Gasteiger partial charge is 0.227 e. The van der Waals surface area contributed by atoms with Gasteiger partial charge in [0.2, 0.25) is 5.91 Å². The summed E-state index contributed by atoms with van der Waals surface area (Å²) in [6.07, 6.45) is 2.31. The van der Waals surface area contributed by atoms with Gasteiger partial charge in [-0.25, -0.2) is 0 Å². The van der Waals surface area contributed by atoms with Crippen LogP contribution in [0.4, 0.5) is 0 Å². The fraction of sp³-hybridized carbons (Fsp3) is 0.636. The first-order chi connectivity index (χ1) is 13.4. The topological polar surface area (TPSA) is 68.8 Å². The summed E-state index contributed by atoms with van der Waals surface area (Å²) < 4.78 is 0.